The van der Waals surface area contributed by atoms with Crippen molar-refractivity contribution in [3.63, 3.8) is 0 Å². The molecule has 1 unspecified atom stereocenters. The van der Waals surface area contributed by atoms with Gasteiger partial charge in [-0.15, -0.1) is 0 Å². The largest absolute Gasteiger partial charge is 0.408 e. The van der Waals surface area contributed by atoms with Gasteiger partial charge in [0, 0.05) is 13.0 Å². The molecule has 4 nitrogen and oxygen atoms in total. The van der Waals surface area contributed by atoms with Gasteiger partial charge in [-0.1, -0.05) is 18.2 Å². The van der Waals surface area contributed by atoms with Gasteiger partial charge in [-0.3, -0.25) is 4.79 Å². The first-order chi connectivity index (χ1) is 10.7. The average molecular weight is 349 g/mol. The highest BCUT2D eigenvalue weighted by atomic mass is 32.2. The van der Waals surface area contributed by atoms with Gasteiger partial charge in [0.05, 0.1) is 10.6 Å². The third-order valence-corrected chi connectivity index (χ3v) is 5.62. The summed E-state index contributed by atoms with van der Waals surface area (Å²) in [6, 6.07) is 5.77. The van der Waals surface area contributed by atoms with E-state index in [0.29, 0.717) is 12.8 Å². The van der Waals surface area contributed by atoms with Crippen molar-refractivity contribution in [3.05, 3.63) is 30.3 Å². The smallest absolute Gasteiger partial charge is 0.331 e. The normalized spacial score (nSPS) is 19.6. The number of carbonyl (C=O) groups is 1. The quantitative estimate of drug-likeness (QED) is 0.840. The lowest BCUT2D eigenvalue weighted by atomic mass is 10.0. The third kappa shape index (κ3) is 4.46. The number of alkyl halides is 3. The molecule has 0 saturated carbocycles. The molecular formula is C15H18F3NO3S. The standard InChI is InChI=1S/C15H18F3NO3S/c16-15(17,18)13-8-4-5-10-19(13)14(20)9-11-23(21,22)12-6-2-1-3-7-12/h1-3,6-7,13H,4-5,8-11H2. The first-order valence-electron chi connectivity index (χ1n) is 7.36. The van der Waals surface area contributed by atoms with Crippen LogP contribution in [0.5, 0.6) is 0 Å². The minimum atomic E-state index is -4.48. The van der Waals surface area contributed by atoms with Crippen molar-refractivity contribution in [2.75, 3.05) is 12.3 Å². The molecule has 0 N–H and O–H groups in total. The van der Waals surface area contributed by atoms with Crippen LogP contribution >= 0.6 is 0 Å². The maximum Gasteiger partial charge on any atom is 0.408 e. The summed E-state index contributed by atoms with van der Waals surface area (Å²) >= 11 is 0. The number of amides is 1. The fraction of sp³-hybridized carbons (Fsp3) is 0.533. The Morgan fingerprint density at radius 3 is 2.43 bits per heavy atom. The number of benzene rings is 1. The molecule has 128 valence electrons. The van der Waals surface area contributed by atoms with Crippen LogP contribution in [0.25, 0.3) is 0 Å². The van der Waals surface area contributed by atoms with Crippen LogP contribution < -0.4 is 0 Å². The zero-order chi connectivity index (χ0) is 17.1. The Bertz CT molecular complexity index is 644. The molecule has 1 aromatic rings. The van der Waals surface area contributed by atoms with Crippen molar-refractivity contribution in [3.8, 4) is 0 Å². The molecule has 0 bridgehead atoms. The highest BCUT2D eigenvalue weighted by Gasteiger charge is 2.46. The van der Waals surface area contributed by atoms with Gasteiger partial charge in [0.1, 0.15) is 6.04 Å². The van der Waals surface area contributed by atoms with Gasteiger partial charge in [0.2, 0.25) is 5.91 Å². The Balaban J connectivity index is 2.04. The van der Waals surface area contributed by atoms with E-state index in [4.69, 9.17) is 0 Å². The summed E-state index contributed by atoms with van der Waals surface area (Å²) < 4.78 is 63.1. The molecule has 1 heterocycles. The van der Waals surface area contributed by atoms with Gasteiger partial charge in [-0.05, 0) is 31.4 Å². The number of sulfone groups is 1. The van der Waals surface area contributed by atoms with Crippen molar-refractivity contribution in [1.29, 1.82) is 0 Å². The first kappa shape index (κ1) is 17.8. The zero-order valence-electron chi connectivity index (χ0n) is 12.4. The highest BCUT2D eigenvalue weighted by molar-refractivity contribution is 7.91. The molecule has 2 rings (SSSR count). The second-order valence-corrected chi connectivity index (χ2v) is 7.63. The molecule has 0 aromatic heterocycles. The van der Waals surface area contributed by atoms with Crippen molar-refractivity contribution in [2.24, 2.45) is 0 Å². The number of hydrogen-bond acceptors (Lipinski definition) is 3. The molecule has 1 aliphatic heterocycles. The maximum atomic E-state index is 13.0. The Hall–Kier alpha value is -1.57. The van der Waals surface area contributed by atoms with Crippen LogP contribution in [0.4, 0.5) is 13.2 Å². The predicted octanol–water partition coefficient (Wildman–Crippen LogP) is 2.79. The monoisotopic (exact) mass is 349 g/mol. The van der Waals surface area contributed by atoms with E-state index in [1.54, 1.807) is 18.2 Å². The molecule has 1 amide bonds. The van der Waals surface area contributed by atoms with Crippen LogP contribution in [-0.2, 0) is 14.6 Å². The average Bonchev–Trinajstić information content (AvgIpc) is 2.53. The fourth-order valence-corrected chi connectivity index (χ4v) is 3.93. The van der Waals surface area contributed by atoms with Gasteiger partial charge < -0.3 is 4.90 Å². The van der Waals surface area contributed by atoms with Crippen LogP contribution in [0.3, 0.4) is 0 Å². The van der Waals surface area contributed by atoms with E-state index < -0.39 is 40.1 Å². The van der Waals surface area contributed by atoms with Crippen LogP contribution in [0.1, 0.15) is 25.7 Å². The number of piperidine rings is 1. The second-order valence-electron chi connectivity index (χ2n) is 5.52. The minimum absolute atomic E-state index is 0.0222. The van der Waals surface area contributed by atoms with E-state index in [2.05, 4.69) is 0 Å². The molecule has 23 heavy (non-hydrogen) atoms. The molecule has 0 radical (unpaired) electrons. The van der Waals surface area contributed by atoms with Crippen LogP contribution in [0.15, 0.2) is 35.2 Å². The van der Waals surface area contributed by atoms with E-state index in [-0.39, 0.29) is 17.9 Å². The number of carbonyl (C=O) groups excluding carboxylic acids is 1. The second kappa shape index (κ2) is 6.90. The van der Waals surface area contributed by atoms with E-state index in [1.807, 2.05) is 0 Å². The lowest BCUT2D eigenvalue weighted by Gasteiger charge is -2.36. The number of likely N-dealkylation sites (tertiary alicyclic amines) is 1. The van der Waals surface area contributed by atoms with Gasteiger partial charge in [-0.2, -0.15) is 13.2 Å². The summed E-state index contributed by atoms with van der Waals surface area (Å²) in [6.45, 7) is 0.0222. The summed E-state index contributed by atoms with van der Waals surface area (Å²) in [4.78, 5) is 12.9. The molecule has 8 heteroatoms. The number of rotatable bonds is 4. The van der Waals surface area contributed by atoms with Crippen LogP contribution in [0, 0.1) is 0 Å². The van der Waals surface area contributed by atoms with Crippen molar-refractivity contribution >= 4 is 15.7 Å². The third-order valence-electron chi connectivity index (χ3n) is 3.89. The molecular weight excluding hydrogens is 331 g/mol. The Morgan fingerprint density at radius 2 is 1.83 bits per heavy atom. The summed E-state index contributed by atoms with van der Waals surface area (Å²) in [5.41, 5.74) is 0. The Kier molecular flexibility index (Phi) is 5.33. The van der Waals surface area contributed by atoms with Crippen molar-refractivity contribution in [2.45, 2.75) is 42.8 Å². The Labute approximate surface area is 133 Å². The van der Waals surface area contributed by atoms with E-state index >= 15 is 0 Å². The molecule has 0 spiro atoms. The van der Waals surface area contributed by atoms with Crippen LogP contribution in [-0.4, -0.2) is 43.7 Å². The van der Waals surface area contributed by atoms with Gasteiger partial charge >= 0.3 is 6.18 Å². The molecule has 1 fully saturated rings. The summed E-state index contributed by atoms with van der Waals surface area (Å²) in [5, 5.41) is 0. The molecule has 1 atom stereocenters. The first-order valence-corrected chi connectivity index (χ1v) is 9.01. The van der Waals surface area contributed by atoms with Crippen LogP contribution in [0.2, 0.25) is 0 Å². The molecule has 1 aliphatic rings. The van der Waals surface area contributed by atoms with Gasteiger partial charge in [0.25, 0.3) is 0 Å². The van der Waals surface area contributed by atoms with Crippen molar-refractivity contribution in [1.82, 2.24) is 4.90 Å². The number of hydrogen-bond donors (Lipinski definition) is 0. The molecule has 1 saturated heterocycles. The topological polar surface area (TPSA) is 54.5 Å². The summed E-state index contributed by atoms with van der Waals surface area (Å²) in [5.74, 6) is -1.25. The zero-order valence-corrected chi connectivity index (χ0v) is 13.2. The Morgan fingerprint density at radius 1 is 1.17 bits per heavy atom. The van der Waals surface area contributed by atoms with Gasteiger partial charge in [-0.25, -0.2) is 8.42 Å². The predicted molar refractivity (Wildman–Crippen MR) is 78.5 cm³/mol. The minimum Gasteiger partial charge on any atom is -0.331 e. The lowest BCUT2D eigenvalue weighted by molar-refractivity contribution is -0.195. The maximum absolute atomic E-state index is 13.0. The fourth-order valence-electron chi connectivity index (χ4n) is 2.68. The van der Waals surface area contributed by atoms with E-state index in [9.17, 15) is 26.4 Å². The highest BCUT2D eigenvalue weighted by Crippen LogP contribution is 2.32. The SMILES string of the molecule is O=C(CCS(=O)(=O)c1ccccc1)N1CCCCC1C(F)(F)F. The van der Waals surface area contributed by atoms with Gasteiger partial charge in [0.15, 0.2) is 9.84 Å². The number of halogens is 3. The number of nitrogens with zero attached hydrogens (tertiary/aromatic N) is 1. The molecule has 1 aromatic carbocycles. The van der Waals surface area contributed by atoms with Crippen molar-refractivity contribution < 1.29 is 26.4 Å². The molecule has 0 aliphatic carbocycles. The van der Waals surface area contributed by atoms with E-state index in [1.165, 1.54) is 12.1 Å². The van der Waals surface area contributed by atoms with E-state index in [0.717, 1.165) is 4.90 Å². The summed E-state index contributed by atoms with van der Waals surface area (Å²) in [6.07, 6.45) is -4.13. The summed E-state index contributed by atoms with van der Waals surface area (Å²) in [7, 11) is -3.68. The lowest BCUT2D eigenvalue weighted by Crippen LogP contribution is -2.51.